The van der Waals surface area contributed by atoms with E-state index in [1.165, 1.54) is 12.1 Å². The third-order valence-electron chi connectivity index (χ3n) is 1.93. The maximum absolute atomic E-state index is 13.2. The monoisotopic (exact) mass is 230 g/mol. The topological polar surface area (TPSA) is 20.2 Å². The summed E-state index contributed by atoms with van der Waals surface area (Å²) in [6.07, 6.45) is 4.16. The predicted molar refractivity (Wildman–Crippen MR) is 59.8 cm³/mol. The van der Waals surface area contributed by atoms with Crippen molar-refractivity contribution in [1.82, 2.24) is 0 Å². The molecule has 0 atom stereocenters. The van der Waals surface area contributed by atoms with Crippen LogP contribution in [0, 0.1) is 11.6 Å². The Bertz CT molecular complexity index is 341. The highest BCUT2D eigenvalue weighted by Crippen LogP contribution is 2.16. The summed E-state index contributed by atoms with van der Waals surface area (Å²) in [5.74, 6) is -0.748. The lowest BCUT2D eigenvalue weighted by Crippen LogP contribution is -1.96. The first kappa shape index (κ1) is 12.2. The first-order valence-electron chi connectivity index (χ1n) is 4.55. The van der Waals surface area contributed by atoms with Gasteiger partial charge in [-0.25, -0.2) is 8.78 Å². The molecule has 0 unspecified atom stereocenters. The maximum atomic E-state index is 13.2. The fourth-order valence-electron chi connectivity index (χ4n) is 1.16. The van der Waals surface area contributed by atoms with Gasteiger partial charge in [0, 0.05) is 5.56 Å². The summed E-state index contributed by atoms with van der Waals surface area (Å²) in [7, 11) is 0. The second kappa shape index (κ2) is 5.88. The molecule has 0 radical (unpaired) electrons. The highest BCUT2D eigenvalue weighted by molar-refractivity contribution is 7.80. The van der Waals surface area contributed by atoms with Gasteiger partial charge < -0.3 is 5.11 Å². The summed E-state index contributed by atoms with van der Waals surface area (Å²) < 4.78 is 26.3. The Labute approximate surface area is 92.8 Å². The second-order valence-corrected chi connectivity index (χ2v) is 3.48. The van der Waals surface area contributed by atoms with E-state index in [4.69, 9.17) is 5.11 Å². The number of aliphatic hydroxyl groups is 1. The average Bonchev–Trinajstić information content (AvgIpc) is 2.18. The quantitative estimate of drug-likeness (QED) is 0.762. The van der Waals surface area contributed by atoms with Crippen LogP contribution in [0.3, 0.4) is 0 Å². The molecule has 82 valence electrons. The number of hydrogen-bond donors (Lipinski definition) is 2. The van der Waals surface area contributed by atoms with Gasteiger partial charge in [-0.05, 0) is 29.9 Å². The molecule has 0 aliphatic heterocycles. The summed E-state index contributed by atoms with van der Waals surface area (Å²) in [6, 6.07) is 2.40. The van der Waals surface area contributed by atoms with E-state index in [2.05, 4.69) is 12.6 Å². The molecular weight excluding hydrogens is 218 g/mol. The van der Waals surface area contributed by atoms with Gasteiger partial charge in [0.1, 0.15) is 11.6 Å². The van der Waals surface area contributed by atoms with Crippen LogP contribution in [0.5, 0.6) is 0 Å². The molecule has 1 aromatic carbocycles. The van der Waals surface area contributed by atoms with E-state index >= 15 is 0 Å². The third-order valence-corrected chi connectivity index (χ3v) is 2.19. The van der Waals surface area contributed by atoms with E-state index in [1.54, 1.807) is 12.2 Å². The highest BCUT2D eigenvalue weighted by Gasteiger charge is 2.08. The van der Waals surface area contributed by atoms with Gasteiger partial charge in [-0.1, -0.05) is 12.2 Å². The Morgan fingerprint density at radius 3 is 2.33 bits per heavy atom. The Hall–Kier alpha value is -0.870. The van der Waals surface area contributed by atoms with Gasteiger partial charge in [0.2, 0.25) is 0 Å². The number of thiol groups is 1. The third kappa shape index (κ3) is 3.32. The molecule has 0 aromatic heterocycles. The molecule has 1 aromatic rings. The van der Waals surface area contributed by atoms with Crippen LogP contribution in [0.4, 0.5) is 8.78 Å². The number of aliphatic hydroxyl groups excluding tert-OH is 1. The van der Waals surface area contributed by atoms with Gasteiger partial charge in [0.05, 0.1) is 6.61 Å². The SMILES string of the molecule is OCc1c(F)cc(C=CCCS)cc1F. The van der Waals surface area contributed by atoms with Crippen molar-refractivity contribution < 1.29 is 13.9 Å². The van der Waals surface area contributed by atoms with Crippen LogP contribution >= 0.6 is 12.6 Å². The van der Waals surface area contributed by atoms with E-state index < -0.39 is 18.2 Å². The van der Waals surface area contributed by atoms with Gasteiger partial charge in [0.15, 0.2) is 0 Å². The van der Waals surface area contributed by atoms with Crippen molar-refractivity contribution in [2.24, 2.45) is 0 Å². The lowest BCUT2D eigenvalue weighted by molar-refractivity contribution is 0.269. The first-order chi connectivity index (χ1) is 7.19. The molecule has 0 aliphatic rings. The smallest absolute Gasteiger partial charge is 0.132 e. The van der Waals surface area contributed by atoms with Crippen molar-refractivity contribution in [2.45, 2.75) is 13.0 Å². The van der Waals surface area contributed by atoms with Crippen LogP contribution in [0.15, 0.2) is 18.2 Å². The summed E-state index contributed by atoms with van der Waals surface area (Å²) in [5.41, 5.74) is 0.158. The predicted octanol–water partition coefficient (Wildman–Crippen LogP) is 2.79. The molecule has 1 nitrogen and oxygen atoms in total. The van der Waals surface area contributed by atoms with Crippen LogP contribution in [-0.2, 0) is 6.61 Å². The normalized spacial score (nSPS) is 11.2. The van der Waals surface area contributed by atoms with Crippen LogP contribution in [0.2, 0.25) is 0 Å². The summed E-state index contributed by atoms with van der Waals surface area (Å²) in [6.45, 7) is -0.627. The number of benzene rings is 1. The standard InChI is InChI=1S/C11H12F2OS/c12-10-5-8(3-1-2-4-15)6-11(13)9(10)7-14/h1,3,5-6,14-15H,2,4,7H2. The van der Waals surface area contributed by atoms with Crippen LogP contribution in [0.1, 0.15) is 17.5 Å². The van der Waals surface area contributed by atoms with E-state index in [1.807, 2.05) is 0 Å². The zero-order valence-electron chi connectivity index (χ0n) is 8.08. The van der Waals surface area contributed by atoms with Crippen molar-refractivity contribution in [2.75, 3.05) is 5.75 Å². The molecule has 0 spiro atoms. The molecule has 1 rings (SSSR count). The Kier molecular flexibility index (Phi) is 4.78. The van der Waals surface area contributed by atoms with Gasteiger partial charge in [-0.3, -0.25) is 0 Å². The minimum atomic E-state index is -0.719. The fraction of sp³-hybridized carbons (Fsp3) is 0.273. The maximum Gasteiger partial charge on any atom is 0.132 e. The molecule has 0 heterocycles. The number of hydrogen-bond acceptors (Lipinski definition) is 2. The minimum Gasteiger partial charge on any atom is -0.391 e. The summed E-state index contributed by atoms with van der Waals surface area (Å²) >= 11 is 4.01. The Balaban J connectivity index is 2.93. The molecule has 1 N–H and O–H groups in total. The molecule has 0 saturated carbocycles. The molecule has 0 bridgehead atoms. The largest absolute Gasteiger partial charge is 0.391 e. The van der Waals surface area contributed by atoms with E-state index in [9.17, 15) is 8.78 Å². The zero-order valence-corrected chi connectivity index (χ0v) is 8.98. The Morgan fingerprint density at radius 2 is 1.87 bits per heavy atom. The van der Waals surface area contributed by atoms with E-state index in [0.29, 0.717) is 11.3 Å². The van der Waals surface area contributed by atoms with Crippen LogP contribution < -0.4 is 0 Å². The molecule has 15 heavy (non-hydrogen) atoms. The lowest BCUT2D eigenvalue weighted by Gasteiger charge is -2.02. The van der Waals surface area contributed by atoms with Crippen molar-refractivity contribution in [3.63, 3.8) is 0 Å². The summed E-state index contributed by atoms with van der Waals surface area (Å²) in [5, 5.41) is 8.70. The van der Waals surface area contributed by atoms with Gasteiger partial charge in [-0.15, -0.1) is 0 Å². The zero-order chi connectivity index (χ0) is 11.3. The number of allylic oxidation sites excluding steroid dienone is 1. The van der Waals surface area contributed by atoms with Crippen molar-refractivity contribution >= 4 is 18.7 Å². The number of halogens is 2. The second-order valence-electron chi connectivity index (χ2n) is 3.04. The first-order valence-corrected chi connectivity index (χ1v) is 5.18. The molecular formula is C11H12F2OS. The molecule has 0 aliphatic carbocycles. The molecule has 0 amide bonds. The average molecular weight is 230 g/mol. The lowest BCUT2D eigenvalue weighted by atomic mass is 10.1. The van der Waals surface area contributed by atoms with Crippen molar-refractivity contribution in [1.29, 1.82) is 0 Å². The van der Waals surface area contributed by atoms with E-state index in [0.717, 1.165) is 6.42 Å². The molecule has 0 fully saturated rings. The summed E-state index contributed by atoms with van der Waals surface area (Å²) in [4.78, 5) is 0. The molecule has 4 heteroatoms. The van der Waals surface area contributed by atoms with Crippen LogP contribution in [0.25, 0.3) is 6.08 Å². The minimum absolute atomic E-state index is 0.290. The Morgan fingerprint density at radius 1 is 1.27 bits per heavy atom. The fourth-order valence-corrected chi connectivity index (χ4v) is 1.31. The van der Waals surface area contributed by atoms with Gasteiger partial charge >= 0.3 is 0 Å². The number of rotatable bonds is 4. The highest BCUT2D eigenvalue weighted by atomic mass is 32.1. The van der Waals surface area contributed by atoms with Gasteiger partial charge in [-0.2, -0.15) is 12.6 Å². The van der Waals surface area contributed by atoms with Crippen molar-refractivity contribution in [3.05, 3.63) is 41.0 Å². The van der Waals surface area contributed by atoms with Crippen LogP contribution in [-0.4, -0.2) is 10.9 Å². The van der Waals surface area contributed by atoms with Crippen molar-refractivity contribution in [3.8, 4) is 0 Å². The van der Waals surface area contributed by atoms with E-state index in [-0.39, 0.29) is 5.56 Å². The van der Waals surface area contributed by atoms with Gasteiger partial charge in [0.25, 0.3) is 0 Å². The molecule has 0 saturated heterocycles.